The first kappa shape index (κ1) is 20.5. The van der Waals surface area contributed by atoms with Crippen LogP contribution in [0.4, 0.5) is 29.2 Å². The predicted molar refractivity (Wildman–Crippen MR) is 131 cm³/mol. The average Bonchev–Trinajstić information content (AvgIpc) is 2.77. The van der Waals surface area contributed by atoms with Gasteiger partial charge in [-0.2, -0.15) is 20.1 Å². The molecule has 0 fully saturated rings. The Morgan fingerprint density at radius 3 is 1.87 bits per heavy atom. The summed E-state index contributed by atoms with van der Waals surface area (Å²) in [6.45, 7) is 0. The van der Waals surface area contributed by atoms with Gasteiger partial charge in [-0.25, -0.2) is 5.43 Å². The summed E-state index contributed by atoms with van der Waals surface area (Å²) in [6.07, 6.45) is 1.51. The Kier molecular flexibility index (Phi) is 6.53. The molecular formula is C22H18IN7O. The van der Waals surface area contributed by atoms with Crippen LogP contribution in [0.15, 0.2) is 84.0 Å². The normalized spacial score (nSPS) is 10.7. The van der Waals surface area contributed by atoms with E-state index >= 15 is 0 Å². The van der Waals surface area contributed by atoms with Crippen LogP contribution < -0.4 is 16.1 Å². The second-order valence-electron chi connectivity index (χ2n) is 6.36. The molecule has 4 aromatic rings. The van der Waals surface area contributed by atoms with Gasteiger partial charge in [-0.05, 0) is 65.1 Å². The number of rotatable bonds is 7. The SMILES string of the molecule is Oc1ccc(I)cc1/C=N\Nc1nc(Nc2ccccc2)nc(Nc2ccccc2)n1. The number of hydrazone groups is 1. The average molecular weight is 523 g/mol. The molecule has 0 saturated carbocycles. The lowest BCUT2D eigenvalue weighted by Gasteiger charge is -2.10. The number of aromatic nitrogens is 3. The number of anilines is 5. The van der Waals surface area contributed by atoms with Crippen LogP contribution in [-0.4, -0.2) is 26.3 Å². The molecular weight excluding hydrogens is 505 g/mol. The van der Waals surface area contributed by atoms with Crippen LogP contribution >= 0.6 is 22.6 Å². The molecule has 8 nitrogen and oxygen atoms in total. The van der Waals surface area contributed by atoms with Gasteiger partial charge in [0.2, 0.25) is 17.8 Å². The minimum atomic E-state index is 0.138. The third-order valence-corrected chi connectivity index (χ3v) is 4.72. The highest BCUT2D eigenvalue weighted by Crippen LogP contribution is 2.20. The molecule has 154 valence electrons. The highest BCUT2D eigenvalue weighted by molar-refractivity contribution is 14.1. The van der Waals surface area contributed by atoms with E-state index in [4.69, 9.17) is 0 Å². The fraction of sp³-hybridized carbons (Fsp3) is 0. The minimum absolute atomic E-state index is 0.138. The van der Waals surface area contributed by atoms with E-state index < -0.39 is 0 Å². The van der Waals surface area contributed by atoms with Crippen LogP contribution in [0.5, 0.6) is 5.75 Å². The molecule has 1 heterocycles. The van der Waals surface area contributed by atoms with Crippen molar-refractivity contribution in [1.82, 2.24) is 15.0 Å². The molecule has 1 aromatic heterocycles. The Hall–Kier alpha value is -3.73. The Labute approximate surface area is 192 Å². The second kappa shape index (κ2) is 9.85. The number of nitrogens with zero attached hydrogens (tertiary/aromatic N) is 4. The number of benzene rings is 3. The van der Waals surface area contributed by atoms with Gasteiger partial charge in [0.1, 0.15) is 5.75 Å². The maximum absolute atomic E-state index is 9.97. The molecule has 31 heavy (non-hydrogen) atoms. The molecule has 0 saturated heterocycles. The molecule has 0 atom stereocenters. The number of aromatic hydroxyl groups is 1. The summed E-state index contributed by atoms with van der Waals surface area (Å²) in [6, 6.07) is 24.5. The van der Waals surface area contributed by atoms with E-state index in [0.29, 0.717) is 17.5 Å². The van der Waals surface area contributed by atoms with Crippen LogP contribution in [0.1, 0.15) is 5.56 Å². The number of phenols is 1. The highest BCUT2D eigenvalue weighted by atomic mass is 127. The van der Waals surface area contributed by atoms with E-state index in [1.807, 2.05) is 72.8 Å². The Bertz CT molecular complexity index is 1130. The van der Waals surface area contributed by atoms with Gasteiger partial charge in [0, 0.05) is 20.5 Å². The summed E-state index contributed by atoms with van der Waals surface area (Å²) < 4.78 is 0.987. The summed E-state index contributed by atoms with van der Waals surface area (Å²) in [4.78, 5) is 13.2. The van der Waals surface area contributed by atoms with Crippen molar-refractivity contribution in [2.24, 2.45) is 5.10 Å². The van der Waals surface area contributed by atoms with E-state index in [1.54, 1.807) is 6.07 Å². The zero-order valence-electron chi connectivity index (χ0n) is 16.2. The number of phenolic OH excluding ortho intramolecular Hbond substituents is 1. The zero-order valence-corrected chi connectivity index (χ0v) is 18.4. The van der Waals surface area contributed by atoms with Gasteiger partial charge in [-0.15, -0.1) is 0 Å². The number of halogens is 1. The van der Waals surface area contributed by atoms with E-state index in [0.717, 1.165) is 14.9 Å². The summed E-state index contributed by atoms with van der Waals surface area (Å²) in [5.41, 5.74) is 5.08. The van der Waals surface area contributed by atoms with E-state index in [2.05, 4.69) is 58.7 Å². The minimum Gasteiger partial charge on any atom is -0.507 e. The third kappa shape index (κ3) is 5.89. The molecule has 4 rings (SSSR count). The maximum Gasteiger partial charge on any atom is 0.250 e. The molecule has 0 radical (unpaired) electrons. The van der Waals surface area contributed by atoms with Gasteiger partial charge in [0.25, 0.3) is 0 Å². The topological polar surface area (TPSA) is 107 Å². The smallest absolute Gasteiger partial charge is 0.250 e. The lowest BCUT2D eigenvalue weighted by atomic mass is 10.2. The van der Waals surface area contributed by atoms with Gasteiger partial charge in [-0.3, -0.25) is 0 Å². The van der Waals surface area contributed by atoms with Crippen molar-refractivity contribution in [2.45, 2.75) is 0 Å². The predicted octanol–water partition coefficient (Wildman–Crippen LogP) is 5.12. The van der Waals surface area contributed by atoms with Crippen LogP contribution in [0, 0.1) is 3.57 Å². The summed E-state index contributed by atoms with van der Waals surface area (Å²) in [7, 11) is 0. The van der Waals surface area contributed by atoms with Crippen molar-refractivity contribution >= 4 is 58.0 Å². The monoisotopic (exact) mass is 523 g/mol. The van der Waals surface area contributed by atoms with Crippen LogP contribution in [-0.2, 0) is 0 Å². The van der Waals surface area contributed by atoms with Crippen molar-refractivity contribution in [3.05, 3.63) is 88.0 Å². The molecule has 0 amide bonds. The van der Waals surface area contributed by atoms with E-state index in [-0.39, 0.29) is 11.7 Å². The number of hydrogen-bond acceptors (Lipinski definition) is 8. The third-order valence-electron chi connectivity index (χ3n) is 4.05. The highest BCUT2D eigenvalue weighted by Gasteiger charge is 2.07. The van der Waals surface area contributed by atoms with Crippen molar-refractivity contribution in [1.29, 1.82) is 0 Å². The Balaban J connectivity index is 1.59. The van der Waals surface area contributed by atoms with Crippen molar-refractivity contribution < 1.29 is 5.11 Å². The van der Waals surface area contributed by atoms with E-state index in [1.165, 1.54) is 6.21 Å². The van der Waals surface area contributed by atoms with Crippen LogP contribution in [0.3, 0.4) is 0 Å². The number of para-hydroxylation sites is 2. The summed E-state index contributed by atoms with van der Waals surface area (Å²) >= 11 is 2.17. The number of nitrogens with one attached hydrogen (secondary N) is 3. The fourth-order valence-corrected chi connectivity index (χ4v) is 3.14. The second-order valence-corrected chi connectivity index (χ2v) is 7.61. The van der Waals surface area contributed by atoms with Crippen LogP contribution in [0.2, 0.25) is 0 Å². The number of hydrogen-bond donors (Lipinski definition) is 4. The first-order valence-electron chi connectivity index (χ1n) is 9.33. The lowest BCUT2D eigenvalue weighted by molar-refractivity contribution is 0.474. The fourth-order valence-electron chi connectivity index (χ4n) is 2.63. The standard InChI is InChI=1S/C22H18IN7O/c23-16-11-12-19(31)15(13-16)14-24-30-22-28-20(25-17-7-3-1-4-8-17)27-21(29-22)26-18-9-5-2-6-10-18/h1-14,31H,(H3,25,26,27,28,29,30)/b24-14-. The first-order chi connectivity index (χ1) is 15.2. The molecule has 0 aliphatic heterocycles. The summed E-state index contributed by atoms with van der Waals surface area (Å²) in [5, 5.41) is 20.4. The van der Waals surface area contributed by atoms with Crippen LogP contribution in [0.25, 0.3) is 0 Å². The van der Waals surface area contributed by atoms with E-state index in [9.17, 15) is 5.11 Å². The van der Waals surface area contributed by atoms with Crippen molar-refractivity contribution in [3.8, 4) is 5.75 Å². The molecule has 0 aliphatic rings. The van der Waals surface area contributed by atoms with Gasteiger partial charge in [-0.1, -0.05) is 36.4 Å². The van der Waals surface area contributed by atoms with Gasteiger partial charge >= 0.3 is 0 Å². The largest absolute Gasteiger partial charge is 0.507 e. The Morgan fingerprint density at radius 2 is 1.29 bits per heavy atom. The maximum atomic E-state index is 9.97. The molecule has 0 unspecified atom stereocenters. The Morgan fingerprint density at radius 1 is 0.742 bits per heavy atom. The molecule has 4 N–H and O–H groups in total. The quantitative estimate of drug-likeness (QED) is 0.151. The lowest BCUT2D eigenvalue weighted by Crippen LogP contribution is -2.07. The molecule has 0 aliphatic carbocycles. The van der Waals surface area contributed by atoms with Gasteiger partial charge in [0.15, 0.2) is 0 Å². The molecule has 9 heteroatoms. The van der Waals surface area contributed by atoms with Crippen molar-refractivity contribution in [2.75, 3.05) is 16.1 Å². The molecule has 0 spiro atoms. The molecule has 3 aromatic carbocycles. The van der Waals surface area contributed by atoms with Gasteiger partial charge in [0.05, 0.1) is 6.21 Å². The first-order valence-corrected chi connectivity index (χ1v) is 10.4. The van der Waals surface area contributed by atoms with Gasteiger partial charge < -0.3 is 15.7 Å². The van der Waals surface area contributed by atoms with Crippen molar-refractivity contribution in [3.63, 3.8) is 0 Å². The molecule has 0 bridgehead atoms. The zero-order chi connectivity index (χ0) is 21.5. The summed E-state index contributed by atoms with van der Waals surface area (Å²) in [5.74, 6) is 1.09.